The Morgan fingerprint density at radius 2 is 1.55 bits per heavy atom. The molecule has 4 rings (SSSR count). The summed E-state index contributed by atoms with van der Waals surface area (Å²) in [6, 6.07) is 13.7. The molecule has 2 aromatic carbocycles. The van der Waals surface area contributed by atoms with E-state index in [1.54, 1.807) is 0 Å². The summed E-state index contributed by atoms with van der Waals surface area (Å²) in [6.07, 6.45) is 1.04. The molecule has 12 nitrogen and oxygen atoms in total. The molecule has 47 heavy (non-hydrogen) atoms. The summed E-state index contributed by atoms with van der Waals surface area (Å²) < 4.78 is 5.86. The van der Waals surface area contributed by atoms with Crippen LogP contribution in [0.3, 0.4) is 0 Å². The number of ether oxygens (including phenoxy) is 1. The standard InChI is InChI=1S/C35H48N6O6/c1-5-27-20-41(32(43)22-40-15-16-47-30-14-10-9-13-26(30)19-40)21-31(42)36-24(4)33(44)38-28(17-23(2)3)35(46)39-29(34(45)37-27)18-25-11-7-6-8-12-25/h6-14,23-24,27-29H,5,15-22H2,1-4H3,(H,36,42)(H,37,45)(H,38,44)(H,39,46)/t24-,27+,28+,29+/m1/s1. The molecule has 254 valence electrons. The van der Waals surface area contributed by atoms with Crippen LogP contribution in [-0.4, -0.2) is 96.3 Å². The van der Waals surface area contributed by atoms with Gasteiger partial charge in [0.05, 0.1) is 13.1 Å². The van der Waals surface area contributed by atoms with Crippen LogP contribution in [0.5, 0.6) is 5.75 Å². The number of hydrogen-bond acceptors (Lipinski definition) is 7. The minimum atomic E-state index is -0.965. The molecule has 0 saturated carbocycles. The number of rotatable bonds is 7. The van der Waals surface area contributed by atoms with Crippen LogP contribution in [0.2, 0.25) is 0 Å². The van der Waals surface area contributed by atoms with Crippen LogP contribution in [0.15, 0.2) is 54.6 Å². The van der Waals surface area contributed by atoms with Crippen molar-refractivity contribution in [1.29, 1.82) is 0 Å². The number of para-hydroxylation sites is 1. The van der Waals surface area contributed by atoms with Crippen molar-refractivity contribution in [2.24, 2.45) is 5.92 Å². The first-order chi connectivity index (χ1) is 22.5. The molecule has 0 bridgehead atoms. The molecular formula is C35H48N6O6. The number of fused-ring (bicyclic) bond motifs is 1. The summed E-state index contributed by atoms with van der Waals surface area (Å²) in [4.78, 5) is 71.1. The molecule has 0 spiro atoms. The molecule has 0 unspecified atom stereocenters. The Hall–Kier alpha value is -4.45. The molecule has 0 aliphatic carbocycles. The average Bonchev–Trinajstić information content (AvgIpc) is 3.24. The van der Waals surface area contributed by atoms with E-state index in [-0.39, 0.29) is 37.9 Å². The van der Waals surface area contributed by atoms with Crippen LogP contribution in [0, 0.1) is 5.92 Å². The third kappa shape index (κ3) is 10.5. The highest BCUT2D eigenvalue weighted by Crippen LogP contribution is 2.22. The average molecular weight is 649 g/mol. The zero-order valence-electron chi connectivity index (χ0n) is 27.8. The molecule has 4 atom stereocenters. The van der Waals surface area contributed by atoms with Gasteiger partial charge in [-0.05, 0) is 37.3 Å². The van der Waals surface area contributed by atoms with Crippen molar-refractivity contribution in [3.05, 3.63) is 65.7 Å². The first-order valence-corrected chi connectivity index (χ1v) is 16.5. The fourth-order valence-corrected chi connectivity index (χ4v) is 5.76. The molecule has 1 saturated heterocycles. The van der Waals surface area contributed by atoms with Gasteiger partial charge in [0.25, 0.3) is 0 Å². The Morgan fingerprint density at radius 1 is 0.872 bits per heavy atom. The van der Waals surface area contributed by atoms with Crippen molar-refractivity contribution in [1.82, 2.24) is 31.1 Å². The summed E-state index contributed by atoms with van der Waals surface area (Å²) >= 11 is 0. The lowest BCUT2D eigenvalue weighted by Gasteiger charge is -2.30. The molecule has 12 heteroatoms. The SMILES string of the molecule is CC[C@H]1CN(C(=O)CN2CCOc3ccccc3C2)CC(=O)N[C@H](C)C(=O)N[C@@H](CC(C)C)C(=O)N[C@@H](Cc2ccccc2)C(=O)N1. The predicted octanol–water partition coefficient (Wildman–Crippen LogP) is 1.38. The first-order valence-electron chi connectivity index (χ1n) is 16.5. The fraction of sp³-hybridized carbons (Fsp3) is 0.514. The van der Waals surface area contributed by atoms with Gasteiger partial charge in [-0.3, -0.25) is 28.9 Å². The van der Waals surface area contributed by atoms with E-state index in [1.165, 1.54) is 11.8 Å². The van der Waals surface area contributed by atoms with Gasteiger partial charge in [-0.15, -0.1) is 0 Å². The third-order valence-electron chi connectivity index (χ3n) is 8.38. The Balaban J connectivity index is 1.59. The minimum Gasteiger partial charge on any atom is -0.492 e. The second-order valence-electron chi connectivity index (χ2n) is 12.8. The van der Waals surface area contributed by atoms with Gasteiger partial charge in [-0.1, -0.05) is 69.3 Å². The first kappa shape index (κ1) is 35.4. The maximum atomic E-state index is 13.8. The molecule has 2 aromatic rings. The van der Waals surface area contributed by atoms with E-state index < -0.39 is 47.8 Å². The van der Waals surface area contributed by atoms with E-state index in [1.807, 2.05) is 80.3 Å². The fourth-order valence-electron chi connectivity index (χ4n) is 5.76. The van der Waals surface area contributed by atoms with Crippen LogP contribution >= 0.6 is 0 Å². The Bertz CT molecular complexity index is 1400. The summed E-state index contributed by atoms with van der Waals surface area (Å²) in [5.41, 5.74) is 1.82. The van der Waals surface area contributed by atoms with E-state index in [2.05, 4.69) is 21.3 Å². The highest BCUT2D eigenvalue weighted by molar-refractivity contribution is 5.95. The van der Waals surface area contributed by atoms with Gasteiger partial charge in [-0.2, -0.15) is 0 Å². The number of nitrogens with one attached hydrogen (secondary N) is 4. The van der Waals surface area contributed by atoms with E-state index in [4.69, 9.17) is 4.74 Å². The summed E-state index contributed by atoms with van der Waals surface area (Å²) in [5, 5.41) is 11.4. The molecular weight excluding hydrogens is 600 g/mol. The highest BCUT2D eigenvalue weighted by Gasteiger charge is 2.32. The van der Waals surface area contributed by atoms with Gasteiger partial charge in [-0.25, -0.2) is 0 Å². The largest absolute Gasteiger partial charge is 0.492 e. The number of benzene rings is 2. The topological polar surface area (TPSA) is 149 Å². The second kappa shape index (κ2) is 16.9. The maximum Gasteiger partial charge on any atom is 0.243 e. The molecule has 2 heterocycles. The molecule has 4 N–H and O–H groups in total. The smallest absolute Gasteiger partial charge is 0.243 e. The Morgan fingerprint density at radius 3 is 2.28 bits per heavy atom. The number of hydrogen-bond donors (Lipinski definition) is 4. The molecule has 0 radical (unpaired) electrons. The summed E-state index contributed by atoms with van der Waals surface area (Å²) in [5.74, 6) is -1.40. The van der Waals surface area contributed by atoms with Crippen LogP contribution in [0.1, 0.15) is 51.7 Å². The monoisotopic (exact) mass is 648 g/mol. The van der Waals surface area contributed by atoms with Gasteiger partial charge in [0, 0.05) is 37.7 Å². The summed E-state index contributed by atoms with van der Waals surface area (Å²) in [7, 11) is 0. The number of amides is 5. The molecule has 1 fully saturated rings. The summed E-state index contributed by atoms with van der Waals surface area (Å²) in [6.45, 7) is 8.53. The van der Waals surface area contributed by atoms with E-state index in [0.717, 1.165) is 16.9 Å². The number of carbonyl (C=O) groups excluding carboxylic acids is 5. The van der Waals surface area contributed by atoms with Crippen molar-refractivity contribution >= 4 is 29.5 Å². The zero-order chi connectivity index (χ0) is 33.9. The van der Waals surface area contributed by atoms with Gasteiger partial charge in [0.1, 0.15) is 30.5 Å². The third-order valence-corrected chi connectivity index (χ3v) is 8.38. The van der Waals surface area contributed by atoms with E-state index >= 15 is 0 Å². The van der Waals surface area contributed by atoms with Gasteiger partial charge in [0.2, 0.25) is 29.5 Å². The van der Waals surface area contributed by atoms with Crippen LogP contribution in [0.4, 0.5) is 0 Å². The minimum absolute atomic E-state index is 0.0367. The zero-order valence-corrected chi connectivity index (χ0v) is 27.8. The quantitative estimate of drug-likeness (QED) is 0.355. The Kier molecular flexibility index (Phi) is 12.7. The van der Waals surface area contributed by atoms with Crippen LogP contribution in [-0.2, 0) is 36.9 Å². The lowest BCUT2D eigenvalue weighted by Crippen LogP contribution is -2.57. The van der Waals surface area contributed by atoms with Crippen molar-refractivity contribution in [3.63, 3.8) is 0 Å². The number of nitrogens with zero attached hydrogens (tertiary/aromatic N) is 2. The molecule has 2 aliphatic rings. The van der Waals surface area contributed by atoms with Crippen molar-refractivity contribution in [2.45, 2.75) is 77.7 Å². The molecule has 0 aromatic heterocycles. The lowest BCUT2D eigenvalue weighted by atomic mass is 10.0. The van der Waals surface area contributed by atoms with Crippen molar-refractivity contribution in [3.8, 4) is 5.75 Å². The van der Waals surface area contributed by atoms with Crippen LogP contribution in [0.25, 0.3) is 0 Å². The van der Waals surface area contributed by atoms with Crippen LogP contribution < -0.4 is 26.0 Å². The van der Waals surface area contributed by atoms with E-state index in [0.29, 0.717) is 32.5 Å². The maximum absolute atomic E-state index is 13.8. The number of carbonyl (C=O) groups is 5. The lowest BCUT2D eigenvalue weighted by molar-refractivity contribution is -0.138. The van der Waals surface area contributed by atoms with Gasteiger partial charge < -0.3 is 30.9 Å². The second-order valence-corrected chi connectivity index (χ2v) is 12.8. The predicted molar refractivity (Wildman–Crippen MR) is 177 cm³/mol. The molecule has 2 aliphatic heterocycles. The van der Waals surface area contributed by atoms with Gasteiger partial charge >= 0.3 is 0 Å². The van der Waals surface area contributed by atoms with Gasteiger partial charge in [0.15, 0.2) is 0 Å². The highest BCUT2D eigenvalue weighted by atomic mass is 16.5. The van der Waals surface area contributed by atoms with Crippen molar-refractivity contribution < 1.29 is 28.7 Å². The van der Waals surface area contributed by atoms with Crippen molar-refractivity contribution in [2.75, 3.05) is 32.8 Å². The molecule has 5 amide bonds. The van der Waals surface area contributed by atoms with E-state index in [9.17, 15) is 24.0 Å². The Labute approximate surface area is 277 Å². The normalized spacial score (nSPS) is 23.6.